The molecule has 0 aliphatic rings. The monoisotopic (exact) mass is 316 g/mol. The van der Waals surface area contributed by atoms with E-state index in [1.807, 2.05) is 13.8 Å². The number of halogens is 2. The lowest BCUT2D eigenvalue weighted by Crippen LogP contribution is -2.40. The second-order valence-corrected chi connectivity index (χ2v) is 5.81. The Hall–Kier alpha value is -1.66. The summed E-state index contributed by atoms with van der Waals surface area (Å²) in [6, 6.07) is 3.63. The van der Waals surface area contributed by atoms with Gasteiger partial charge in [0.05, 0.1) is 5.02 Å². The Balaban J connectivity index is 2.55. The summed E-state index contributed by atoms with van der Waals surface area (Å²) in [6.45, 7) is 3.98. The van der Waals surface area contributed by atoms with Gasteiger partial charge in [-0.15, -0.1) is 0 Å². The molecule has 7 heteroatoms. The Kier molecular flexibility index (Phi) is 6.11. The molecule has 0 heterocycles. The van der Waals surface area contributed by atoms with Crippen LogP contribution >= 0.6 is 11.6 Å². The van der Waals surface area contributed by atoms with E-state index in [2.05, 4.69) is 10.6 Å². The lowest BCUT2D eigenvalue weighted by molar-refractivity contribution is -0.136. The van der Waals surface area contributed by atoms with Crippen LogP contribution in [0.3, 0.4) is 0 Å². The fourth-order valence-corrected chi connectivity index (χ4v) is 1.73. The van der Waals surface area contributed by atoms with E-state index in [0.717, 1.165) is 6.07 Å². The summed E-state index contributed by atoms with van der Waals surface area (Å²) < 4.78 is 13.0. The van der Waals surface area contributed by atoms with Crippen molar-refractivity contribution in [2.24, 2.45) is 5.41 Å². The third-order valence-electron chi connectivity index (χ3n) is 2.90. The lowest BCUT2D eigenvalue weighted by Gasteiger charge is -2.23. The first-order valence-electron chi connectivity index (χ1n) is 6.40. The van der Waals surface area contributed by atoms with Crippen molar-refractivity contribution in [1.29, 1.82) is 0 Å². The number of aliphatic hydroxyl groups is 1. The zero-order chi connectivity index (χ0) is 16.0. The van der Waals surface area contributed by atoms with Gasteiger partial charge in [0.25, 0.3) is 0 Å². The van der Waals surface area contributed by atoms with Gasteiger partial charge < -0.3 is 15.7 Å². The molecule has 0 aliphatic heterocycles. The molecule has 0 saturated heterocycles. The van der Waals surface area contributed by atoms with Crippen molar-refractivity contribution in [3.8, 4) is 0 Å². The minimum absolute atomic E-state index is 0.00312. The SMILES string of the molecule is CC(C)(CCO)CNC(=O)C(=O)Nc1ccc(F)c(Cl)c1. The fraction of sp³-hybridized carbons (Fsp3) is 0.429. The standard InChI is InChI=1S/C14H18ClFN2O3/c1-14(2,5-6-19)8-17-12(20)13(21)18-9-3-4-11(16)10(15)7-9/h3-4,7,19H,5-6,8H2,1-2H3,(H,17,20)(H,18,21). The quantitative estimate of drug-likeness (QED) is 0.726. The fourth-order valence-electron chi connectivity index (χ4n) is 1.55. The highest BCUT2D eigenvalue weighted by molar-refractivity contribution is 6.39. The van der Waals surface area contributed by atoms with E-state index in [-0.39, 0.29) is 29.3 Å². The summed E-state index contributed by atoms with van der Waals surface area (Å²) in [7, 11) is 0. The smallest absolute Gasteiger partial charge is 0.313 e. The summed E-state index contributed by atoms with van der Waals surface area (Å²) in [5.74, 6) is -2.27. The first kappa shape index (κ1) is 17.4. The van der Waals surface area contributed by atoms with E-state index in [9.17, 15) is 14.0 Å². The lowest BCUT2D eigenvalue weighted by atomic mass is 9.90. The van der Waals surface area contributed by atoms with Crippen LogP contribution in [0.1, 0.15) is 20.3 Å². The molecule has 0 spiro atoms. The molecule has 2 amide bonds. The van der Waals surface area contributed by atoms with Crippen LogP contribution in [0.2, 0.25) is 5.02 Å². The molecule has 0 aliphatic carbocycles. The van der Waals surface area contributed by atoms with Crippen LogP contribution in [-0.2, 0) is 9.59 Å². The summed E-state index contributed by atoms with van der Waals surface area (Å²) in [4.78, 5) is 23.3. The molecule has 1 aromatic rings. The van der Waals surface area contributed by atoms with Crippen molar-refractivity contribution in [2.75, 3.05) is 18.5 Å². The molecule has 5 nitrogen and oxygen atoms in total. The zero-order valence-electron chi connectivity index (χ0n) is 11.9. The molecule has 116 valence electrons. The number of hydrogen-bond donors (Lipinski definition) is 3. The van der Waals surface area contributed by atoms with Crippen molar-refractivity contribution >= 4 is 29.1 Å². The Bertz CT molecular complexity index is 535. The zero-order valence-corrected chi connectivity index (χ0v) is 12.6. The minimum atomic E-state index is -0.863. The van der Waals surface area contributed by atoms with Crippen LogP contribution < -0.4 is 10.6 Å². The molecule has 1 aromatic carbocycles. The molecule has 0 unspecified atom stereocenters. The van der Waals surface area contributed by atoms with Crippen LogP contribution in [-0.4, -0.2) is 30.1 Å². The van der Waals surface area contributed by atoms with Crippen molar-refractivity contribution in [2.45, 2.75) is 20.3 Å². The Morgan fingerprint density at radius 2 is 2.00 bits per heavy atom. The summed E-state index contributed by atoms with van der Waals surface area (Å²) >= 11 is 5.58. The Morgan fingerprint density at radius 3 is 2.57 bits per heavy atom. The summed E-state index contributed by atoms with van der Waals surface area (Å²) in [6.07, 6.45) is 0.502. The number of benzene rings is 1. The third-order valence-corrected chi connectivity index (χ3v) is 3.19. The predicted molar refractivity (Wildman–Crippen MR) is 78.5 cm³/mol. The second-order valence-electron chi connectivity index (χ2n) is 5.40. The number of carbonyl (C=O) groups is 2. The normalized spacial score (nSPS) is 11.1. The van der Waals surface area contributed by atoms with Crippen molar-refractivity contribution in [3.05, 3.63) is 29.0 Å². The van der Waals surface area contributed by atoms with Crippen LogP contribution in [0.4, 0.5) is 10.1 Å². The van der Waals surface area contributed by atoms with E-state index >= 15 is 0 Å². The number of nitrogens with one attached hydrogen (secondary N) is 2. The Labute approximate surface area is 127 Å². The molecule has 3 N–H and O–H groups in total. The van der Waals surface area contributed by atoms with Crippen molar-refractivity contribution < 1.29 is 19.1 Å². The minimum Gasteiger partial charge on any atom is -0.396 e. The van der Waals surface area contributed by atoms with Gasteiger partial charge in [-0.1, -0.05) is 25.4 Å². The average Bonchev–Trinajstić information content (AvgIpc) is 2.40. The van der Waals surface area contributed by atoms with Crippen LogP contribution in [0.15, 0.2) is 18.2 Å². The van der Waals surface area contributed by atoms with Gasteiger partial charge in [0.1, 0.15) is 5.82 Å². The Morgan fingerprint density at radius 1 is 1.33 bits per heavy atom. The van der Waals surface area contributed by atoms with Gasteiger partial charge in [-0.3, -0.25) is 9.59 Å². The number of aliphatic hydroxyl groups excluding tert-OH is 1. The van der Waals surface area contributed by atoms with E-state index in [1.165, 1.54) is 12.1 Å². The summed E-state index contributed by atoms with van der Waals surface area (Å²) in [5, 5.41) is 13.6. The van der Waals surface area contributed by atoms with Gasteiger partial charge in [-0.05, 0) is 30.0 Å². The van der Waals surface area contributed by atoms with Crippen LogP contribution in [0, 0.1) is 11.2 Å². The van der Waals surface area contributed by atoms with E-state index in [0.29, 0.717) is 6.42 Å². The molecular weight excluding hydrogens is 299 g/mol. The van der Waals surface area contributed by atoms with Crippen LogP contribution in [0.25, 0.3) is 0 Å². The molecule has 0 bridgehead atoms. The first-order valence-corrected chi connectivity index (χ1v) is 6.78. The molecule has 0 aromatic heterocycles. The maximum Gasteiger partial charge on any atom is 0.313 e. The summed E-state index contributed by atoms with van der Waals surface area (Å²) in [5.41, 5.74) is -0.0830. The van der Waals surface area contributed by atoms with E-state index in [1.54, 1.807) is 0 Å². The van der Waals surface area contributed by atoms with E-state index < -0.39 is 17.6 Å². The van der Waals surface area contributed by atoms with Crippen molar-refractivity contribution in [1.82, 2.24) is 5.32 Å². The highest BCUT2D eigenvalue weighted by Crippen LogP contribution is 2.19. The van der Waals surface area contributed by atoms with Crippen molar-refractivity contribution in [3.63, 3.8) is 0 Å². The molecular formula is C14H18ClFN2O3. The van der Waals surface area contributed by atoms with Gasteiger partial charge in [0.15, 0.2) is 0 Å². The second kappa shape index (κ2) is 7.38. The number of amides is 2. The van der Waals surface area contributed by atoms with Gasteiger partial charge in [0.2, 0.25) is 0 Å². The molecule has 1 rings (SSSR count). The predicted octanol–water partition coefficient (Wildman–Crippen LogP) is 1.94. The third kappa shape index (κ3) is 5.69. The topological polar surface area (TPSA) is 78.4 Å². The van der Waals surface area contributed by atoms with Gasteiger partial charge >= 0.3 is 11.8 Å². The van der Waals surface area contributed by atoms with Gasteiger partial charge in [0, 0.05) is 18.8 Å². The molecule has 0 saturated carbocycles. The van der Waals surface area contributed by atoms with Crippen LogP contribution in [0.5, 0.6) is 0 Å². The number of carbonyl (C=O) groups excluding carboxylic acids is 2. The molecule has 0 fully saturated rings. The highest BCUT2D eigenvalue weighted by Gasteiger charge is 2.21. The number of anilines is 1. The maximum absolute atomic E-state index is 13.0. The largest absolute Gasteiger partial charge is 0.396 e. The van der Waals surface area contributed by atoms with Gasteiger partial charge in [-0.25, -0.2) is 4.39 Å². The van der Waals surface area contributed by atoms with E-state index in [4.69, 9.17) is 16.7 Å². The highest BCUT2D eigenvalue weighted by atomic mass is 35.5. The molecule has 0 atom stereocenters. The first-order chi connectivity index (χ1) is 9.75. The maximum atomic E-state index is 13.0. The molecule has 0 radical (unpaired) electrons. The number of rotatable bonds is 5. The average molecular weight is 317 g/mol. The van der Waals surface area contributed by atoms with Gasteiger partial charge in [-0.2, -0.15) is 0 Å². The number of hydrogen-bond acceptors (Lipinski definition) is 3. The molecule has 21 heavy (non-hydrogen) atoms.